The lowest BCUT2D eigenvalue weighted by atomic mass is 9.67. The summed E-state index contributed by atoms with van der Waals surface area (Å²) in [6.45, 7) is 9.36. The summed E-state index contributed by atoms with van der Waals surface area (Å²) in [4.78, 5) is 11.5. The second-order valence-electron chi connectivity index (χ2n) is 7.97. The van der Waals surface area contributed by atoms with Crippen LogP contribution in [0.2, 0.25) is 0 Å². The fraction of sp³-hybridized carbons (Fsp3) is 0.941. The Morgan fingerprint density at radius 1 is 1.21 bits per heavy atom. The zero-order valence-electron chi connectivity index (χ0n) is 13.2. The molecule has 2 aliphatic rings. The fourth-order valence-electron chi connectivity index (χ4n) is 4.12. The first-order valence-electron chi connectivity index (χ1n) is 8.16. The smallest absolute Gasteiger partial charge is 0.220 e. The van der Waals surface area contributed by atoms with Gasteiger partial charge in [-0.25, -0.2) is 0 Å². The van der Waals surface area contributed by atoms with Crippen LogP contribution in [-0.2, 0) is 4.79 Å². The van der Waals surface area contributed by atoms with E-state index in [0.29, 0.717) is 5.41 Å². The van der Waals surface area contributed by atoms with Gasteiger partial charge in [0.05, 0.1) is 0 Å². The van der Waals surface area contributed by atoms with Gasteiger partial charge in [0.25, 0.3) is 0 Å². The Labute approximate surface area is 118 Å². The van der Waals surface area contributed by atoms with Crippen LogP contribution < -0.4 is 5.32 Å². The topological polar surface area (TPSA) is 29.1 Å². The van der Waals surface area contributed by atoms with E-state index in [9.17, 15) is 4.79 Å². The van der Waals surface area contributed by atoms with Crippen LogP contribution in [0.1, 0.15) is 79.1 Å². The van der Waals surface area contributed by atoms with Crippen LogP contribution in [0.5, 0.6) is 0 Å². The van der Waals surface area contributed by atoms with E-state index < -0.39 is 0 Å². The third kappa shape index (κ3) is 3.52. The first kappa shape index (κ1) is 14.9. The second-order valence-corrected chi connectivity index (χ2v) is 7.97. The van der Waals surface area contributed by atoms with Crippen LogP contribution in [0.4, 0.5) is 0 Å². The molecule has 0 bridgehead atoms. The maximum Gasteiger partial charge on any atom is 0.220 e. The molecule has 0 aromatic rings. The molecule has 19 heavy (non-hydrogen) atoms. The molecule has 2 fully saturated rings. The van der Waals surface area contributed by atoms with Crippen LogP contribution in [0.15, 0.2) is 0 Å². The monoisotopic (exact) mass is 265 g/mol. The van der Waals surface area contributed by atoms with Gasteiger partial charge >= 0.3 is 0 Å². The molecule has 1 heterocycles. The Hall–Kier alpha value is -0.530. The molecular formula is C17H31NO. The molecule has 1 aliphatic carbocycles. The summed E-state index contributed by atoms with van der Waals surface area (Å²) >= 11 is 0. The van der Waals surface area contributed by atoms with Gasteiger partial charge in [-0.05, 0) is 49.4 Å². The predicted molar refractivity (Wildman–Crippen MR) is 79.9 cm³/mol. The van der Waals surface area contributed by atoms with Crippen molar-refractivity contribution in [2.24, 2.45) is 17.3 Å². The number of hydrogen-bond acceptors (Lipinski definition) is 1. The Bertz CT molecular complexity index is 323. The third-order valence-corrected chi connectivity index (χ3v) is 5.66. The van der Waals surface area contributed by atoms with Crippen LogP contribution >= 0.6 is 0 Å². The molecule has 0 aromatic carbocycles. The van der Waals surface area contributed by atoms with Crippen LogP contribution in [0, 0.1) is 17.3 Å². The van der Waals surface area contributed by atoms with Gasteiger partial charge in [0, 0.05) is 12.0 Å². The van der Waals surface area contributed by atoms with E-state index in [1.807, 2.05) is 0 Å². The average molecular weight is 265 g/mol. The average Bonchev–Trinajstić information content (AvgIpc) is 2.71. The maximum atomic E-state index is 11.5. The standard InChI is InChI=1S/C17H31NO/c1-5-17(11-10-15(19)18-17)12-13-6-8-14(9-7-13)16(2,3)4/h13-14H,5-12H2,1-4H3,(H,18,19). The first-order valence-corrected chi connectivity index (χ1v) is 8.16. The Kier molecular flexibility index (Phi) is 4.27. The molecule has 1 saturated heterocycles. The molecule has 2 heteroatoms. The first-order chi connectivity index (χ1) is 8.85. The van der Waals surface area contributed by atoms with Crippen molar-refractivity contribution in [3.05, 3.63) is 0 Å². The fourth-order valence-corrected chi connectivity index (χ4v) is 4.12. The minimum Gasteiger partial charge on any atom is -0.351 e. The van der Waals surface area contributed by atoms with E-state index in [4.69, 9.17) is 0 Å². The minimum atomic E-state index is 0.135. The molecule has 1 N–H and O–H groups in total. The lowest BCUT2D eigenvalue weighted by molar-refractivity contribution is -0.119. The summed E-state index contributed by atoms with van der Waals surface area (Å²) < 4.78 is 0. The van der Waals surface area contributed by atoms with Crippen LogP contribution in [0.25, 0.3) is 0 Å². The highest BCUT2D eigenvalue weighted by Gasteiger charge is 2.39. The van der Waals surface area contributed by atoms with E-state index in [0.717, 1.165) is 31.1 Å². The zero-order valence-corrected chi connectivity index (χ0v) is 13.2. The van der Waals surface area contributed by atoms with Gasteiger partial charge < -0.3 is 5.32 Å². The summed E-state index contributed by atoms with van der Waals surface area (Å²) in [6.07, 6.45) is 9.58. The highest BCUT2D eigenvalue weighted by molar-refractivity contribution is 5.79. The molecule has 110 valence electrons. The number of amides is 1. The number of rotatable bonds is 3. The van der Waals surface area contributed by atoms with Crippen molar-refractivity contribution in [1.82, 2.24) is 5.32 Å². The minimum absolute atomic E-state index is 0.135. The second kappa shape index (κ2) is 5.46. The maximum absolute atomic E-state index is 11.5. The molecule has 1 amide bonds. The molecule has 0 spiro atoms. The molecule has 1 unspecified atom stereocenters. The van der Waals surface area contributed by atoms with Crippen molar-refractivity contribution in [3.8, 4) is 0 Å². The normalized spacial score (nSPS) is 36.3. The van der Waals surface area contributed by atoms with Crippen LogP contribution in [-0.4, -0.2) is 11.4 Å². The number of carbonyl (C=O) groups excluding carboxylic acids is 1. The van der Waals surface area contributed by atoms with E-state index in [1.54, 1.807) is 0 Å². The van der Waals surface area contributed by atoms with Gasteiger partial charge in [-0.1, -0.05) is 40.5 Å². The molecule has 2 nitrogen and oxygen atoms in total. The molecule has 1 atom stereocenters. The van der Waals surface area contributed by atoms with Gasteiger partial charge in [-0.3, -0.25) is 4.79 Å². The van der Waals surface area contributed by atoms with E-state index in [1.165, 1.54) is 32.1 Å². The zero-order chi connectivity index (χ0) is 14.1. The molecular weight excluding hydrogens is 234 g/mol. The number of carbonyl (C=O) groups is 1. The quantitative estimate of drug-likeness (QED) is 0.810. The molecule has 1 saturated carbocycles. The van der Waals surface area contributed by atoms with Crippen molar-refractivity contribution in [2.75, 3.05) is 0 Å². The summed E-state index contributed by atoms with van der Waals surface area (Å²) in [7, 11) is 0. The van der Waals surface area contributed by atoms with Crippen LogP contribution in [0.3, 0.4) is 0 Å². The van der Waals surface area contributed by atoms with Crippen molar-refractivity contribution in [3.63, 3.8) is 0 Å². The van der Waals surface area contributed by atoms with Gasteiger partial charge in [-0.15, -0.1) is 0 Å². The predicted octanol–water partition coefficient (Wildman–Crippen LogP) is 4.29. The van der Waals surface area contributed by atoms with E-state index in [2.05, 4.69) is 33.0 Å². The number of nitrogens with one attached hydrogen (secondary N) is 1. The van der Waals surface area contributed by atoms with Gasteiger partial charge in [0.1, 0.15) is 0 Å². The van der Waals surface area contributed by atoms with Gasteiger partial charge in [0.2, 0.25) is 5.91 Å². The molecule has 0 radical (unpaired) electrons. The van der Waals surface area contributed by atoms with Crippen molar-refractivity contribution >= 4 is 5.91 Å². The van der Waals surface area contributed by atoms with Gasteiger partial charge in [-0.2, -0.15) is 0 Å². The Morgan fingerprint density at radius 3 is 2.26 bits per heavy atom. The summed E-state index contributed by atoms with van der Waals surface area (Å²) in [5, 5.41) is 3.27. The van der Waals surface area contributed by atoms with Crippen molar-refractivity contribution in [2.45, 2.75) is 84.6 Å². The lowest BCUT2D eigenvalue weighted by Gasteiger charge is -2.40. The number of hydrogen-bond donors (Lipinski definition) is 1. The summed E-state index contributed by atoms with van der Waals surface area (Å²) in [5.74, 6) is 1.99. The van der Waals surface area contributed by atoms with Crippen molar-refractivity contribution < 1.29 is 4.79 Å². The Morgan fingerprint density at radius 2 is 1.84 bits per heavy atom. The van der Waals surface area contributed by atoms with E-state index in [-0.39, 0.29) is 11.4 Å². The van der Waals surface area contributed by atoms with E-state index >= 15 is 0 Å². The highest BCUT2D eigenvalue weighted by atomic mass is 16.2. The highest BCUT2D eigenvalue weighted by Crippen LogP contribution is 2.43. The Balaban J connectivity index is 1.87. The van der Waals surface area contributed by atoms with Gasteiger partial charge in [0.15, 0.2) is 0 Å². The van der Waals surface area contributed by atoms with Crippen molar-refractivity contribution in [1.29, 1.82) is 0 Å². The molecule has 1 aliphatic heterocycles. The summed E-state index contributed by atoms with van der Waals surface area (Å²) in [6, 6.07) is 0. The largest absolute Gasteiger partial charge is 0.351 e. The molecule has 0 aromatic heterocycles. The lowest BCUT2D eigenvalue weighted by Crippen LogP contribution is -2.43. The SMILES string of the molecule is CCC1(CC2CCC(C(C)(C)C)CC2)CCC(=O)N1. The molecule has 2 rings (SSSR count). The third-order valence-electron chi connectivity index (χ3n) is 5.66. The summed E-state index contributed by atoms with van der Waals surface area (Å²) in [5.41, 5.74) is 0.602.